The maximum absolute atomic E-state index is 13.4. The molecule has 1 fully saturated rings. The molecule has 2 unspecified atom stereocenters. The van der Waals surface area contributed by atoms with E-state index < -0.39 is 17.7 Å². The molecule has 1 saturated heterocycles. The quantitative estimate of drug-likeness (QED) is 0.870. The first-order valence-electron chi connectivity index (χ1n) is 7.65. The molecule has 0 saturated carbocycles. The molecule has 1 aromatic carbocycles. The van der Waals surface area contributed by atoms with E-state index in [1.165, 1.54) is 13.2 Å². The maximum Gasteiger partial charge on any atom is 0.317 e. The predicted molar refractivity (Wildman–Crippen MR) is 80.9 cm³/mol. The summed E-state index contributed by atoms with van der Waals surface area (Å²) in [6.45, 7) is 1.29. The zero-order chi connectivity index (χ0) is 16.8. The van der Waals surface area contributed by atoms with Crippen molar-refractivity contribution in [2.45, 2.75) is 18.9 Å². The summed E-state index contributed by atoms with van der Waals surface area (Å²) in [6, 6.07) is 2.65. The van der Waals surface area contributed by atoms with E-state index in [1.54, 1.807) is 4.90 Å². The van der Waals surface area contributed by atoms with Crippen LogP contribution in [0.1, 0.15) is 24.4 Å². The van der Waals surface area contributed by atoms with E-state index in [0.717, 1.165) is 25.0 Å². The molecule has 1 aliphatic heterocycles. The normalized spacial score (nSPS) is 19.5. The van der Waals surface area contributed by atoms with E-state index in [9.17, 15) is 18.7 Å². The monoisotopic (exact) mass is 328 g/mol. The fourth-order valence-corrected chi connectivity index (χ4v) is 2.76. The van der Waals surface area contributed by atoms with Crippen LogP contribution in [0.3, 0.4) is 0 Å². The van der Waals surface area contributed by atoms with Gasteiger partial charge in [0.05, 0.1) is 12.6 Å². The van der Waals surface area contributed by atoms with Gasteiger partial charge in [-0.25, -0.2) is 13.6 Å². The summed E-state index contributed by atoms with van der Waals surface area (Å²) in [5, 5.41) is 12.0. The lowest BCUT2D eigenvalue weighted by atomic mass is 9.99. The Labute approximate surface area is 134 Å². The van der Waals surface area contributed by atoms with Gasteiger partial charge in [0.15, 0.2) is 11.6 Å². The zero-order valence-electron chi connectivity index (χ0n) is 13.1. The van der Waals surface area contributed by atoms with Crippen LogP contribution in [0.15, 0.2) is 18.2 Å². The second kappa shape index (κ2) is 8.21. The van der Waals surface area contributed by atoms with Crippen LogP contribution >= 0.6 is 0 Å². The van der Waals surface area contributed by atoms with Crippen molar-refractivity contribution >= 4 is 6.03 Å². The number of aliphatic hydroxyl groups is 1. The molecule has 2 amide bonds. The van der Waals surface area contributed by atoms with E-state index in [1.807, 2.05) is 0 Å². The highest BCUT2D eigenvalue weighted by Crippen LogP contribution is 2.19. The van der Waals surface area contributed by atoms with E-state index in [2.05, 4.69) is 5.32 Å². The Bertz CT molecular complexity index is 542. The lowest BCUT2D eigenvalue weighted by molar-refractivity contribution is 0.120. The van der Waals surface area contributed by atoms with E-state index in [0.29, 0.717) is 18.7 Å². The second-order valence-corrected chi connectivity index (χ2v) is 5.77. The number of nitrogens with zero attached hydrogens (tertiary/aromatic N) is 1. The van der Waals surface area contributed by atoms with Gasteiger partial charge >= 0.3 is 6.03 Å². The number of ether oxygens (including phenoxy) is 1. The number of rotatable bonds is 5. The highest BCUT2D eigenvalue weighted by molar-refractivity contribution is 5.74. The molecule has 1 aliphatic rings. The van der Waals surface area contributed by atoms with Crippen LogP contribution in [-0.4, -0.2) is 49.5 Å². The molecule has 2 N–H and O–H groups in total. The molecule has 1 heterocycles. The Balaban J connectivity index is 2.06. The Morgan fingerprint density at radius 3 is 2.91 bits per heavy atom. The van der Waals surface area contributed by atoms with Gasteiger partial charge in [0.1, 0.15) is 0 Å². The third-order valence-electron chi connectivity index (χ3n) is 4.04. The standard InChI is InChI=1S/C16H22F2N2O3/c1-23-10-15(12-4-5-13(17)14(18)7-12)19-16(22)20-6-2-3-11(8-20)9-21/h4-5,7,11,15,21H,2-3,6,8-10H2,1H3,(H,19,22). The number of hydrogen-bond acceptors (Lipinski definition) is 3. The van der Waals surface area contributed by atoms with Crippen LogP contribution in [-0.2, 0) is 4.74 Å². The summed E-state index contributed by atoms with van der Waals surface area (Å²) in [7, 11) is 1.47. The number of benzene rings is 1. The molecule has 0 aliphatic carbocycles. The highest BCUT2D eigenvalue weighted by atomic mass is 19.2. The van der Waals surface area contributed by atoms with Crippen molar-refractivity contribution in [3.8, 4) is 0 Å². The van der Waals surface area contributed by atoms with E-state index in [4.69, 9.17) is 4.74 Å². The summed E-state index contributed by atoms with van der Waals surface area (Å²) in [4.78, 5) is 14.0. The van der Waals surface area contributed by atoms with Crippen LogP contribution < -0.4 is 5.32 Å². The Morgan fingerprint density at radius 2 is 2.26 bits per heavy atom. The molecule has 0 spiro atoms. The van der Waals surface area contributed by atoms with Crippen molar-refractivity contribution in [3.63, 3.8) is 0 Å². The van der Waals surface area contributed by atoms with Crippen molar-refractivity contribution < 1.29 is 23.4 Å². The molecular weight excluding hydrogens is 306 g/mol. The number of nitrogens with one attached hydrogen (secondary N) is 1. The molecular formula is C16H22F2N2O3. The van der Waals surface area contributed by atoms with Gasteiger partial charge in [-0.2, -0.15) is 0 Å². The average molecular weight is 328 g/mol. The van der Waals surface area contributed by atoms with Crippen molar-refractivity contribution in [2.24, 2.45) is 5.92 Å². The van der Waals surface area contributed by atoms with Gasteiger partial charge < -0.3 is 20.1 Å². The molecule has 0 aromatic heterocycles. The number of hydrogen-bond donors (Lipinski definition) is 2. The van der Waals surface area contributed by atoms with Crippen LogP contribution in [0.4, 0.5) is 13.6 Å². The average Bonchev–Trinajstić information content (AvgIpc) is 2.57. The first-order valence-corrected chi connectivity index (χ1v) is 7.65. The molecule has 2 rings (SSSR count). The minimum Gasteiger partial charge on any atom is -0.396 e. The summed E-state index contributed by atoms with van der Waals surface area (Å²) >= 11 is 0. The maximum atomic E-state index is 13.4. The lowest BCUT2D eigenvalue weighted by Crippen LogP contribution is -2.47. The smallest absolute Gasteiger partial charge is 0.317 e. The predicted octanol–water partition coefficient (Wildman–Crippen LogP) is 2.07. The van der Waals surface area contributed by atoms with Gasteiger partial charge in [-0.15, -0.1) is 0 Å². The van der Waals surface area contributed by atoms with Crippen LogP contribution in [0.5, 0.6) is 0 Å². The number of urea groups is 1. The number of methoxy groups -OCH3 is 1. The minimum atomic E-state index is -0.962. The Hall–Kier alpha value is -1.73. The highest BCUT2D eigenvalue weighted by Gasteiger charge is 2.25. The van der Waals surface area contributed by atoms with Gasteiger partial charge in [0.2, 0.25) is 0 Å². The molecule has 7 heteroatoms. The molecule has 128 valence electrons. The fraction of sp³-hybridized carbons (Fsp3) is 0.562. The van der Waals surface area contributed by atoms with Gasteiger partial charge in [-0.1, -0.05) is 6.07 Å². The second-order valence-electron chi connectivity index (χ2n) is 5.77. The molecule has 23 heavy (non-hydrogen) atoms. The van der Waals surface area contributed by atoms with Crippen LogP contribution in [0.2, 0.25) is 0 Å². The molecule has 0 radical (unpaired) electrons. The van der Waals surface area contributed by atoms with Crippen LogP contribution in [0.25, 0.3) is 0 Å². The summed E-state index contributed by atoms with van der Waals surface area (Å²) in [6.07, 6.45) is 1.73. The van der Waals surface area contributed by atoms with Crippen LogP contribution in [0, 0.1) is 17.6 Å². The van der Waals surface area contributed by atoms with Crippen molar-refractivity contribution in [1.82, 2.24) is 10.2 Å². The number of carbonyl (C=O) groups is 1. The third kappa shape index (κ3) is 4.62. The number of halogens is 2. The number of piperidine rings is 1. The largest absolute Gasteiger partial charge is 0.396 e. The zero-order valence-corrected chi connectivity index (χ0v) is 13.1. The number of amides is 2. The molecule has 0 bridgehead atoms. The summed E-state index contributed by atoms with van der Waals surface area (Å²) < 4.78 is 31.5. The minimum absolute atomic E-state index is 0.0501. The first kappa shape index (κ1) is 17.6. The Morgan fingerprint density at radius 1 is 1.48 bits per heavy atom. The number of carbonyl (C=O) groups excluding carboxylic acids is 1. The molecule has 5 nitrogen and oxygen atoms in total. The number of likely N-dealkylation sites (tertiary alicyclic amines) is 1. The summed E-state index contributed by atoms with van der Waals surface area (Å²) in [5.41, 5.74) is 0.440. The van der Waals surface area contributed by atoms with Crippen molar-refractivity contribution in [2.75, 3.05) is 33.4 Å². The van der Waals surface area contributed by atoms with Gasteiger partial charge in [0, 0.05) is 26.8 Å². The molecule has 2 atom stereocenters. The van der Waals surface area contributed by atoms with Gasteiger partial charge in [-0.05, 0) is 36.5 Å². The third-order valence-corrected chi connectivity index (χ3v) is 4.04. The van der Waals surface area contributed by atoms with E-state index in [-0.39, 0.29) is 25.2 Å². The van der Waals surface area contributed by atoms with Crippen molar-refractivity contribution in [1.29, 1.82) is 0 Å². The van der Waals surface area contributed by atoms with Crippen molar-refractivity contribution in [3.05, 3.63) is 35.4 Å². The fourth-order valence-electron chi connectivity index (χ4n) is 2.76. The summed E-state index contributed by atoms with van der Waals surface area (Å²) in [5.74, 6) is -1.81. The topological polar surface area (TPSA) is 61.8 Å². The van der Waals surface area contributed by atoms with Gasteiger partial charge in [-0.3, -0.25) is 0 Å². The SMILES string of the molecule is COCC(NC(=O)N1CCCC(CO)C1)c1ccc(F)c(F)c1. The lowest BCUT2D eigenvalue weighted by Gasteiger charge is -2.33. The van der Waals surface area contributed by atoms with E-state index >= 15 is 0 Å². The van der Waals surface area contributed by atoms with Gasteiger partial charge in [0.25, 0.3) is 0 Å². The number of aliphatic hydroxyl groups excluding tert-OH is 1. The Kier molecular flexibility index (Phi) is 6.29. The molecule has 1 aromatic rings. The first-order chi connectivity index (χ1) is 11.0.